The van der Waals surface area contributed by atoms with E-state index in [1.807, 2.05) is 48.8 Å². The van der Waals surface area contributed by atoms with Gasteiger partial charge in [-0.25, -0.2) is 15.0 Å². The zero-order valence-electron chi connectivity index (χ0n) is 13.1. The number of fused-ring (bicyclic) bond motifs is 1. The minimum Gasteiger partial charge on any atom is -0.347 e. The maximum Gasteiger partial charge on any atom is 0.220 e. The smallest absolute Gasteiger partial charge is 0.220 e. The number of imidazole rings is 1. The first kappa shape index (κ1) is 15.0. The minimum absolute atomic E-state index is 0.380. The van der Waals surface area contributed by atoms with Crippen molar-refractivity contribution in [2.24, 2.45) is 0 Å². The summed E-state index contributed by atoms with van der Waals surface area (Å²) in [6, 6.07) is 11.6. The standard InChI is InChI=1S/C17H17N5OS/c23-24(13-14-4-2-1-3-5-14)17-19-7-6-15(20-17)22-11-10-21-9-8-18-16(21)12-22/h1-9H,10-13H2. The zero-order valence-corrected chi connectivity index (χ0v) is 13.9. The highest BCUT2D eigenvalue weighted by molar-refractivity contribution is 7.84. The first-order valence-corrected chi connectivity index (χ1v) is 9.12. The first-order valence-electron chi connectivity index (χ1n) is 7.80. The van der Waals surface area contributed by atoms with Crippen molar-refractivity contribution in [3.05, 3.63) is 66.4 Å². The Balaban J connectivity index is 1.53. The Bertz CT molecular complexity index is 864. The maximum absolute atomic E-state index is 12.6. The van der Waals surface area contributed by atoms with Crippen LogP contribution in [0.2, 0.25) is 0 Å². The average Bonchev–Trinajstić information content (AvgIpc) is 3.10. The van der Waals surface area contributed by atoms with Gasteiger partial charge in [0.25, 0.3) is 0 Å². The summed E-state index contributed by atoms with van der Waals surface area (Å²) in [5.74, 6) is 2.25. The Hall–Kier alpha value is -2.54. The molecule has 0 radical (unpaired) electrons. The van der Waals surface area contributed by atoms with Crippen molar-refractivity contribution in [1.82, 2.24) is 19.5 Å². The van der Waals surface area contributed by atoms with Gasteiger partial charge in [0.1, 0.15) is 11.6 Å². The third-order valence-corrected chi connectivity index (χ3v) is 5.23. The van der Waals surface area contributed by atoms with E-state index in [1.54, 1.807) is 6.20 Å². The van der Waals surface area contributed by atoms with Crippen LogP contribution in [-0.2, 0) is 29.6 Å². The minimum atomic E-state index is -1.26. The van der Waals surface area contributed by atoms with Crippen LogP contribution in [0.15, 0.2) is 60.1 Å². The highest BCUT2D eigenvalue weighted by Crippen LogP contribution is 2.19. The molecule has 1 atom stereocenters. The van der Waals surface area contributed by atoms with Crippen LogP contribution in [0.3, 0.4) is 0 Å². The van der Waals surface area contributed by atoms with Crippen LogP contribution in [0.4, 0.5) is 5.82 Å². The predicted molar refractivity (Wildman–Crippen MR) is 91.9 cm³/mol. The van der Waals surface area contributed by atoms with Crippen LogP contribution in [-0.4, -0.2) is 30.3 Å². The summed E-state index contributed by atoms with van der Waals surface area (Å²) in [5, 5.41) is 0.380. The molecule has 7 heteroatoms. The van der Waals surface area contributed by atoms with Crippen molar-refractivity contribution >= 4 is 16.6 Å². The highest BCUT2D eigenvalue weighted by atomic mass is 32.2. The fourth-order valence-electron chi connectivity index (χ4n) is 2.78. The number of hydrogen-bond donors (Lipinski definition) is 0. The van der Waals surface area contributed by atoms with Crippen molar-refractivity contribution in [2.75, 3.05) is 11.4 Å². The molecule has 1 unspecified atom stereocenters. The molecule has 122 valence electrons. The van der Waals surface area contributed by atoms with Gasteiger partial charge in [0.05, 0.1) is 23.1 Å². The topological polar surface area (TPSA) is 63.9 Å². The summed E-state index contributed by atoms with van der Waals surface area (Å²) in [5.41, 5.74) is 1.02. The number of aromatic nitrogens is 4. The van der Waals surface area contributed by atoms with E-state index in [9.17, 15) is 4.21 Å². The van der Waals surface area contributed by atoms with Gasteiger partial charge in [-0.3, -0.25) is 4.21 Å². The van der Waals surface area contributed by atoms with E-state index in [0.29, 0.717) is 17.5 Å². The molecule has 4 rings (SSSR count). The number of rotatable bonds is 4. The van der Waals surface area contributed by atoms with E-state index in [2.05, 4.69) is 24.4 Å². The van der Waals surface area contributed by atoms with Crippen molar-refractivity contribution < 1.29 is 4.21 Å². The summed E-state index contributed by atoms with van der Waals surface area (Å²) in [7, 11) is -1.26. The Kier molecular flexibility index (Phi) is 4.08. The Morgan fingerprint density at radius 1 is 1.04 bits per heavy atom. The molecule has 6 nitrogen and oxygen atoms in total. The summed E-state index contributed by atoms with van der Waals surface area (Å²) >= 11 is 0. The molecule has 0 spiro atoms. The molecule has 0 saturated carbocycles. The van der Waals surface area contributed by atoms with E-state index in [-0.39, 0.29) is 0 Å². The molecule has 1 aromatic carbocycles. The molecule has 2 aromatic heterocycles. The molecule has 3 heterocycles. The maximum atomic E-state index is 12.6. The normalized spacial score (nSPS) is 15.1. The second-order valence-electron chi connectivity index (χ2n) is 5.63. The fourth-order valence-corrected chi connectivity index (χ4v) is 3.77. The SMILES string of the molecule is O=S(Cc1ccccc1)c1nccc(N2CCn3ccnc3C2)n1. The highest BCUT2D eigenvalue weighted by Gasteiger charge is 2.19. The number of hydrogen-bond acceptors (Lipinski definition) is 5. The van der Waals surface area contributed by atoms with Crippen LogP contribution < -0.4 is 4.90 Å². The van der Waals surface area contributed by atoms with E-state index < -0.39 is 10.8 Å². The lowest BCUT2D eigenvalue weighted by Crippen LogP contribution is -2.34. The third kappa shape index (κ3) is 3.07. The molecule has 0 amide bonds. The first-order chi connectivity index (χ1) is 11.8. The van der Waals surface area contributed by atoms with Gasteiger partial charge in [-0.05, 0) is 11.6 Å². The lowest BCUT2D eigenvalue weighted by Gasteiger charge is -2.28. The van der Waals surface area contributed by atoms with Crippen LogP contribution >= 0.6 is 0 Å². The zero-order chi connectivity index (χ0) is 16.4. The average molecular weight is 339 g/mol. The monoisotopic (exact) mass is 339 g/mol. The molecule has 0 saturated heterocycles. The summed E-state index contributed by atoms with van der Waals surface area (Å²) in [4.78, 5) is 15.2. The predicted octanol–water partition coefficient (Wildman–Crippen LogP) is 2.00. The number of anilines is 1. The fraction of sp³-hybridized carbons (Fsp3) is 0.235. The van der Waals surface area contributed by atoms with Gasteiger partial charge in [-0.15, -0.1) is 0 Å². The lowest BCUT2D eigenvalue weighted by molar-refractivity contribution is 0.554. The van der Waals surface area contributed by atoms with Gasteiger partial charge in [-0.2, -0.15) is 0 Å². The van der Waals surface area contributed by atoms with Crippen LogP contribution in [0.25, 0.3) is 0 Å². The molecular formula is C17H17N5OS. The van der Waals surface area contributed by atoms with Crippen molar-refractivity contribution in [1.29, 1.82) is 0 Å². The molecule has 3 aromatic rings. The number of benzene rings is 1. The van der Waals surface area contributed by atoms with E-state index in [1.165, 1.54) is 0 Å². The Labute approximate surface area is 142 Å². The van der Waals surface area contributed by atoms with Gasteiger partial charge >= 0.3 is 0 Å². The van der Waals surface area contributed by atoms with Crippen LogP contribution in [0.1, 0.15) is 11.4 Å². The van der Waals surface area contributed by atoms with Crippen LogP contribution in [0.5, 0.6) is 0 Å². The number of nitrogens with zero attached hydrogens (tertiary/aromatic N) is 5. The lowest BCUT2D eigenvalue weighted by atomic mass is 10.2. The summed E-state index contributed by atoms with van der Waals surface area (Å²) < 4.78 is 14.7. The molecular weight excluding hydrogens is 322 g/mol. The molecule has 1 aliphatic heterocycles. The largest absolute Gasteiger partial charge is 0.347 e. The van der Waals surface area contributed by atoms with E-state index in [0.717, 1.165) is 30.3 Å². The molecule has 0 fully saturated rings. The molecule has 0 bridgehead atoms. The van der Waals surface area contributed by atoms with Gasteiger partial charge < -0.3 is 9.47 Å². The van der Waals surface area contributed by atoms with Crippen LogP contribution in [0, 0.1) is 0 Å². The molecule has 0 aliphatic carbocycles. The van der Waals surface area contributed by atoms with Crippen molar-refractivity contribution in [3.8, 4) is 0 Å². The third-order valence-electron chi connectivity index (χ3n) is 4.03. The van der Waals surface area contributed by atoms with Gasteiger partial charge in [0.15, 0.2) is 0 Å². The van der Waals surface area contributed by atoms with Gasteiger partial charge in [0, 0.05) is 31.7 Å². The summed E-state index contributed by atoms with van der Waals surface area (Å²) in [6.45, 7) is 2.43. The second kappa shape index (κ2) is 6.52. The Morgan fingerprint density at radius 2 is 1.92 bits per heavy atom. The summed E-state index contributed by atoms with van der Waals surface area (Å²) in [6.07, 6.45) is 5.49. The van der Waals surface area contributed by atoms with Gasteiger partial charge in [-0.1, -0.05) is 30.3 Å². The molecule has 0 N–H and O–H groups in total. The van der Waals surface area contributed by atoms with E-state index >= 15 is 0 Å². The second-order valence-corrected chi connectivity index (χ2v) is 6.98. The van der Waals surface area contributed by atoms with Crippen molar-refractivity contribution in [3.63, 3.8) is 0 Å². The quantitative estimate of drug-likeness (QED) is 0.680. The molecule has 24 heavy (non-hydrogen) atoms. The van der Waals surface area contributed by atoms with Crippen molar-refractivity contribution in [2.45, 2.75) is 24.0 Å². The van der Waals surface area contributed by atoms with Gasteiger partial charge in [0.2, 0.25) is 5.16 Å². The van der Waals surface area contributed by atoms with E-state index in [4.69, 9.17) is 0 Å². The molecule has 1 aliphatic rings. The Morgan fingerprint density at radius 3 is 2.79 bits per heavy atom.